The average molecular weight is 486 g/mol. The third kappa shape index (κ3) is 2.21. The molecule has 0 unspecified atom stereocenters. The van der Waals surface area contributed by atoms with Crippen molar-refractivity contribution in [3.05, 3.63) is 90.9 Å². The summed E-state index contributed by atoms with van der Waals surface area (Å²) >= 11 is 7.24. The molecular formula is C22H14Br2O3. The van der Waals surface area contributed by atoms with Crippen LogP contribution in [0, 0.1) is 13.8 Å². The lowest BCUT2D eigenvalue weighted by molar-refractivity contribution is 0.0224. The molecule has 0 saturated carbocycles. The number of hydrogen-bond acceptors (Lipinski definition) is 3. The molecule has 2 heterocycles. The van der Waals surface area contributed by atoms with Gasteiger partial charge in [0.15, 0.2) is 5.60 Å². The SMILES string of the molecule is Cc1cc2c(cc1Br)C1(OC(=O)c3ccccc31)c1cc(Br)c(C)cc1O2. The molecule has 0 radical (unpaired) electrons. The molecule has 0 aliphatic carbocycles. The predicted octanol–water partition coefficient (Wildman–Crippen LogP) is 6.40. The number of carbonyl (C=O) groups is 1. The molecule has 3 aromatic carbocycles. The Balaban J connectivity index is 1.94. The standard InChI is InChI=1S/C22H14Br2O3/c1-11-7-19-15(9-17(11)23)22(14-6-4-3-5-13(14)21(25)27-22)16-10-18(24)12(2)8-20(16)26-19/h3-10H,1-2H3. The number of esters is 1. The Bertz CT molecular complexity index is 1090. The first-order valence-corrected chi connectivity index (χ1v) is 10.1. The van der Waals surface area contributed by atoms with Gasteiger partial charge in [-0.1, -0.05) is 50.1 Å². The van der Waals surface area contributed by atoms with Gasteiger partial charge in [-0.15, -0.1) is 0 Å². The number of aryl methyl sites for hydroxylation is 2. The maximum Gasteiger partial charge on any atom is 0.340 e. The molecule has 2 aliphatic heterocycles. The van der Waals surface area contributed by atoms with Crippen LogP contribution in [0.4, 0.5) is 0 Å². The lowest BCUT2D eigenvalue weighted by Gasteiger charge is -2.37. The highest BCUT2D eigenvalue weighted by atomic mass is 79.9. The molecule has 0 N–H and O–H groups in total. The Morgan fingerprint density at radius 1 is 0.815 bits per heavy atom. The van der Waals surface area contributed by atoms with Gasteiger partial charge in [-0.05, 0) is 55.3 Å². The zero-order chi connectivity index (χ0) is 18.9. The number of ether oxygens (including phenoxy) is 2. The summed E-state index contributed by atoms with van der Waals surface area (Å²) in [6.07, 6.45) is 0. The van der Waals surface area contributed by atoms with Crippen molar-refractivity contribution in [2.75, 3.05) is 0 Å². The molecule has 5 rings (SSSR count). The number of hydrogen-bond donors (Lipinski definition) is 0. The van der Waals surface area contributed by atoms with Crippen LogP contribution in [0.15, 0.2) is 57.5 Å². The topological polar surface area (TPSA) is 35.5 Å². The molecule has 134 valence electrons. The maximum absolute atomic E-state index is 12.8. The fraction of sp³-hybridized carbons (Fsp3) is 0.136. The number of fused-ring (bicyclic) bond motifs is 6. The summed E-state index contributed by atoms with van der Waals surface area (Å²) in [5.41, 5.74) is 4.15. The van der Waals surface area contributed by atoms with Crippen LogP contribution in [-0.4, -0.2) is 5.97 Å². The maximum atomic E-state index is 12.8. The van der Waals surface area contributed by atoms with Crippen molar-refractivity contribution in [3.8, 4) is 11.5 Å². The van der Waals surface area contributed by atoms with E-state index in [4.69, 9.17) is 9.47 Å². The first kappa shape index (κ1) is 17.0. The van der Waals surface area contributed by atoms with Gasteiger partial charge in [0, 0.05) is 25.6 Å². The van der Waals surface area contributed by atoms with Crippen LogP contribution in [0.5, 0.6) is 11.5 Å². The average Bonchev–Trinajstić information content (AvgIpc) is 2.93. The minimum Gasteiger partial charge on any atom is -0.456 e. The van der Waals surface area contributed by atoms with E-state index in [1.165, 1.54) is 0 Å². The zero-order valence-electron chi connectivity index (χ0n) is 14.6. The van der Waals surface area contributed by atoms with E-state index in [2.05, 4.69) is 31.9 Å². The minimum atomic E-state index is -1.02. The molecule has 1 spiro atoms. The summed E-state index contributed by atoms with van der Waals surface area (Å²) in [5.74, 6) is 1.08. The van der Waals surface area contributed by atoms with E-state index in [0.717, 1.165) is 36.8 Å². The van der Waals surface area contributed by atoms with Gasteiger partial charge in [0.1, 0.15) is 11.5 Å². The molecule has 0 bridgehead atoms. The van der Waals surface area contributed by atoms with Crippen molar-refractivity contribution < 1.29 is 14.3 Å². The molecule has 0 saturated heterocycles. The molecule has 3 nitrogen and oxygen atoms in total. The molecule has 2 aliphatic rings. The van der Waals surface area contributed by atoms with Crippen molar-refractivity contribution in [3.63, 3.8) is 0 Å². The highest BCUT2D eigenvalue weighted by Crippen LogP contribution is 2.57. The van der Waals surface area contributed by atoms with E-state index < -0.39 is 5.60 Å². The van der Waals surface area contributed by atoms with Crippen LogP contribution in [0.25, 0.3) is 0 Å². The van der Waals surface area contributed by atoms with Crippen LogP contribution in [0.3, 0.4) is 0 Å². The normalized spacial score (nSPS) is 15.6. The fourth-order valence-corrected chi connectivity index (χ4v) is 4.60. The van der Waals surface area contributed by atoms with E-state index in [0.29, 0.717) is 17.1 Å². The van der Waals surface area contributed by atoms with Gasteiger partial charge in [0.2, 0.25) is 0 Å². The quantitative estimate of drug-likeness (QED) is 0.346. The summed E-state index contributed by atoms with van der Waals surface area (Å²) < 4.78 is 14.3. The second-order valence-corrected chi connectivity index (χ2v) is 8.62. The number of halogens is 2. The Labute approximate surface area is 173 Å². The third-order valence-electron chi connectivity index (χ3n) is 5.27. The van der Waals surface area contributed by atoms with Gasteiger partial charge >= 0.3 is 5.97 Å². The van der Waals surface area contributed by atoms with Gasteiger partial charge < -0.3 is 9.47 Å². The van der Waals surface area contributed by atoms with E-state index in [9.17, 15) is 4.79 Å². The molecule has 0 atom stereocenters. The second kappa shape index (κ2) is 5.69. The molecule has 27 heavy (non-hydrogen) atoms. The van der Waals surface area contributed by atoms with Crippen LogP contribution in [-0.2, 0) is 10.3 Å². The molecule has 0 fully saturated rings. The molecular weight excluding hydrogens is 472 g/mol. The number of rotatable bonds is 0. The first-order valence-electron chi connectivity index (χ1n) is 8.54. The van der Waals surface area contributed by atoms with E-state index >= 15 is 0 Å². The molecule has 0 aromatic heterocycles. The van der Waals surface area contributed by atoms with E-state index in [1.807, 2.05) is 62.4 Å². The van der Waals surface area contributed by atoms with Gasteiger partial charge in [-0.3, -0.25) is 0 Å². The van der Waals surface area contributed by atoms with Crippen molar-refractivity contribution in [1.82, 2.24) is 0 Å². The lowest BCUT2D eigenvalue weighted by atomic mass is 9.77. The zero-order valence-corrected chi connectivity index (χ0v) is 17.8. The van der Waals surface area contributed by atoms with Crippen LogP contribution < -0.4 is 4.74 Å². The highest BCUT2D eigenvalue weighted by molar-refractivity contribution is 9.10. The van der Waals surface area contributed by atoms with E-state index in [-0.39, 0.29) is 5.97 Å². The highest BCUT2D eigenvalue weighted by Gasteiger charge is 2.53. The molecule has 0 amide bonds. The van der Waals surface area contributed by atoms with Gasteiger partial charge in [0.25, 0.3) is 0 Å². The predicted molar refractivity (Wildman–Crippen MR) is 110 cm³/mol. The number of carbonyl (C=O) groups excluding carboxylic acids is 1. The molecule has 3 aromatic rings. The molecule has 5 heteroatoms. The fourth-order valence-electron chi connectivity index (χ4n) is 3.91. The Morgan fingerprint density at radius 2 is 1.37 bits per heavy atom. The minimum absolute atomic E-state index is 0.321. The van der Waals surface area contributed by atoms with Crippen molar-refractivity contribution in [1.29, 1.82) is 0 Å². The Morgan fingerprint density at radius 3 is 1.96 bits per heavy atom. The second-order valence-electron chi connectivity index (χ2n) is 6.91. The van der Waals surface area contributed by atoms with Crippen molar-refractivity contribution in [2.45, 2.75) is 19.4 Å². The Hall–Kier alpha value is -2.11. The third-order valence-corrected chi connectivity index (χ3v) is 6.98. The van der Waals surface area contributed by atoms with E-state index in [1.54, 1.807) is 0 Å². The summed E-state index contributed by atoms with van der Waals surface area (Å²) in [6.45, 7) is 4.02. The summed E-state index contributed by atoms with van der Waals surface area (Å²) in [6, 6.07) is 15.5. The smallest absolute Gasteiger partial charge is 0.340 e. The van der Waals surface area contributed by atoms with Crippen LogP contribution in [0.1, 0.15) is 38.2 Å². The van der Waals surface area contributed by atoms with Gasteiger partial charge in [-0.2, -0.15) is 0 Å². The van der Waals surface area contributed by atoms with Gasteiger partial charge in [0.05, 0.1) is 5.56 Å². The monoisotopic (exact) mass is 484 g/mol. The number of benzene rings is 3. The lowest BCUT2D eigenvalue weighted by Crippen LogP contribution is -2.33. The summed E-state index contributed by atoms with van der Waals surface area (Å²) in [5, 5.41) is 0. The van der Waals surface area contributed by atoms with Crippen molar-refractivity contribution in [2.24, 2.45) is 0 Å². The summed E-state index contributed by atoms with van der Waals surface area (Å²) in [4.78, 5) is 12.8. The van der Waals surface area contributed by atoms with Crippen LogP contribution in [0.2, 0.25) is 0 Å². The summed E-state index contributed by atoms with van der Waals surface area (Å²) in [7, 11) is 0. The van der Waals surface area contributed by atoms with Gasteiger partial charge in [-0.25, -0.2) is 4.79 Å². The Kier molecular flexibility index (Phi) is 3.59. The van der Waals surface area contributed by atoms with Crippen molar-refractivity contribution >= 4 is 37.8 Å². The first-order chi connectivity index (χ1) is 12.9. The van der Waals surface area contributed by atoms with Crippen LogP contribution >= 0.6 is 31.9 Å². The largest absolute Gasteiger partial charge is 0.456 e.